The van der Waals surface area contributed by atoms with Crippen LogP contribution in [0.3, 0.4) is 0 Å². The Morgan fingerprint density at radius 2 is 1.78 bits per heavy atom. The zero-order valence-electron chi connectivity index (χ0n) is 12.6. The quantitative estimate of drug-likeness (QED) is 0.555. The fourth-order valence-corrected chi connectivity index (χ4v) is 2.40. The van der Waals surface area contributed by atoms with E-state index in [0.717, 1.165) is 4.47 Å². The van der Waals surface area contributed by atoms with E-state index in [1.165, 1.54) is 13.2 Å². The Morgan fingerprint density at radius 1 is 1.13 bits per heavy atom. The average molecular weight is 397 g/mol. The molecule has 0 unspecified atom stereocenters. The molecule has 0 spiro atoms. The smallest absolute Gasteiger partial charge is 0.187 e. The maximum Gasteiger partial charge on any atom is 0.187 e. The van der Waals surface area contributed by atoms with Gasteiger partial charge in [0.25, 0.3) is 0 Å². The normalized spacial score (nSPS) is 10.6. The summed E-state index contributed by atoms with van der Waals surface area (Å²) in [6.45, 7) is 0. The molecule has 0 saturated carbocycles. The van der Waals surface area contributed by atoms with Crippen molar-refractivity contribution in [2.24, 2.45) is 0 Å². The van der Waals surface area contributed by atoms with Crippen molar-refractivity contribution in [2.75, 3.05) is 19.5 Å². The molecule has 2 aromatic rings. The van der Waals surface area contributed by atoms with Gasteiger partial charge in [-0.1, -0.05) is 27.5 Å². The maximum atomic E-state index is 12.0. The number of hydrogen-bond acceptors (Lipinski definition) is 4. The van der Waals surface area contributed by atoms with Crippen molar-refractivity contribution in [2.45, 2.75) is 0 Å². The summed E-state index contributed by atoms with van der Waals surface area (Å²) in [5.74, 6) is 0.972. The van der Waals surface area contributed by atoms with Crippen LogP contribution in [0.25, 0.3) is 0 Å². The molecule has 0 fully saturated rings. The Hall–Kier alpha value is -1.98. The van der Waals surface area contributed by atoms with Gasteiger partial charge in [-0.2, -0.15) is 0 Å². The summed E-state index contributed by atoms with van der Waals surface area (Å²) in [5, 5.41) is 3.44. The minimum absolute atomic E-state index is 0.108. The topological polar surface area (TPSA) is 47.6 Å². The van der Waals surface area contributed by atoms with Gasteiger partial charge in [0.2, 0.25) is 0 Å². The zero-order chi connectivity index (χ0) is 16.8. The van der Waals surface area contributed by atoms with Gasteiger partial charge in [-0.15, -0.1) is 0 Å². The van der Waals surface area contributed by atoms with E-state index in [-0.39, 0.29) is 5.78 Å². The minimum atomic E-state index is -0.108. The van der Waals surface area contributed by atoms with E-state index in [0.29, 0.717) is 27.8 Å². The van der Waals surface area contributed by atoms with Gasteiger partial charge in [-0.05, 0) is 30.3 Å². The first-order valence-electron chi connectivity index (χ1n) is 6.69. The highest BCUT2D eigenvalue weighted by molar-refractivity contribution is 9.10. The minimum Gasteiger partial charge on any atom is -0.495 e. The van der Waals surface area contributed by atoms with E-state index < -0.39 is 0 Å². The standard InChI is InChI=1S/C17H15BrClNO3/c1-22-16-10-17(23-2)14(9-13(16)19)20-8-7-15(21)11-3-5-12(18)6-4-11/h3-10,20H,1-2H3/b8-7+. The number of halogens is 2. The molecule has 0 amide bonds. The summed E-state index contributed by atoms with van der Waals surface area (Å²) in [6.07, 6.45) is 2.99. The molecular weight excluding hydrogens is 382 g/mol. The number of benzene rings is 2. The number of anilines is 1. The van der Waals surface area contributed by atoms with Gasteiger partial charge in [0.1, 0.15) is 11.5 Å². The number of hydrogen-bond donors (Lipinski definition) is 1. The lowest BCUT2D eigenvalue weighted by molar-refractivity contribution is 0.104. The number of carbonyl (C=O) groups excluding carboxylic acids is 1. The third kappa shape index (κ3) is 4.50. The van der Waals surface area contributed by atoms with Gasteiger partial charge in [-0.25, -0.2) is 0 Å². The number of carbonyl (C=O) groups is 1. The molecule has 2 aromatic carbocycles. The number of rotatable bonds is 6. The molecule has 120 valence electrons. The number of allylic oxidation sites excluding steroid dienone is 1. The summed E-state index contributed by atoms with van der Waals surface area (Å²) in [4.78, 5) is 12.0. The van der Waals surface area contributed by atoms with Crippen molar-refractivity contribution in [3.8, 4) is 11.5 Å². The van der Waals surface area contributed by atoms with Gasteiger partial charge in [0.05, 0.1) is 24.9 Å². The molecule has 0 heterocycles. The predicted octanol–water partition coefficient (Wildman–Crippen LogP) is 4.93. The predicted molar refractivity (Wildman–Crippen MR) is 95.8 cm³/mol. The van der Waals surface area contributed by atoms with E-state index in [2.05, 4.69) is 21.2 Å². The molecular formula is C17H15BrClNO3. The van der Waals surface area contributed by atoms with Crippen LogP contribution in [-0.4, -0.2) is 20.0 Å². The lowest BCUT2D eigenvalue weighted by Gasteiger charge is -2.11. The van der Waals surface area contributed by atoms with Crippen LogP contribution in [0, 0.1) is 0 Å². The monoisotopic (exact) mass is 395 g/mol. The summed E-state index contributed by atoms with van der Waals surface area (Å²) in [5.41, 5.74) is 1.24. The van der Waals surface area contributed by atoms with Crippen LogP contribution in [0.4, 0.5) is 5.69 Å². The molecule has 4 nitrogen and oxygen atoms in total. The maximum absolute atomic E-state index is 12.0. The van der Waals surface area contributed by atoms with Crippen molar-refractivity contribution in [3.05, 3.63) is 63.7 Å². The third-order valence-corrected chi connectivity index (χ3v) is 3.90. The first kappa shape index (κ1) is 17.4. The van der Waals surface area contributed by atoms with E-state index in [9.17, 15) is 4.79 Å². The van der Waals surface area contributed by atoms with Crippen LogP contribution >= 0.6 is 27.5 Å². The van der Waals surface area contributed by atoms with E-state index in [1.807, 2.05) is 12.1 Å². The number of methoxy groups -OCH3 is 2. The molecule has 0 aliphatic rings. The van der Waals surface area contributed by atoms with Crippen LogP contribution < -0.4 is 14.8 Å². The van der Waals surface area contributed by atoms with Crippen molar-refractivity contribution < 1.29 is 14.3 Å². The molecule has 0 bridgehead atoms. The molecule has 0 atom stereocenters. The van der Waals surface area contributed by atoms with Gasteiger partial charge < -0.3 is 14.8 Å². The molecule has 0 aliphatic heterocycles. The van der Waals surface area contributed by atoms with Gasteiger partial charge in [0.15, 0.2) is 5.78 Å². The fraction of sp³-hybridized carbons (Fsp3) is 0.118. The van der Waals surface area contributed by atoms with Crippen molar-refractivity contribution in [3.63, 3.8) is 0 Å². The number of nitrogens with one attached hydrogen (secondary N) is 1. The Bertz CT molecular complexity index is 729. The molecule has 2 rings (SSSR count). The van der Waals surface area contributed by atoms with Gasteiger partial charge in [-0.3, -0.25) is 4.79 Å². The number of ether oxygens (including phenoxy) is 2. The second kappa shape index (κ2) is 8.04. The van der Waals surface area contributed by atoms with E-state index in [1.54, 1.807) is 37.6 Å². The summed E-state index contributed by atoms with van der Waals surface area (Å²) in [7, 11) is 3.08. The van der Waals surface area contributed by atoms with Gasteiger partial charge >= 0.3 is 0 Å². The summed E-state index contributed by atoms with van der Waals surface area (Å²) >= 11 is 9.43. The Kier molecular flexibility index (Phi) is 6.07. The highest BCUT2D eigenvalue weighted by Gasteiger charge is 2.09. The molecule has 1 N–H and O–H groups in total. The second-order valence-corrected chi connectivity index (χ2v) is 5.86. The Balaban J connectivity index is 2.12. The van der Waals surface area contributed by atoms with E-state index >= 15 is 0 Å². The van der Waals surface area contributed by atoms with E-state index in [4.69, 9.17) is 21.1 Å². The van der Waals surface area contributed by atoms with Crippen LogP contribution in [0.1, 0.15) is 10.4 Å². The molecule has 0 aliphatic carbocycles. The average Bonchev–Trinajstić information content (AvgIpc) is 2.55. The first-order valence-corrected chi connectivity index (χ1v) is 7.86. The first-order chi connectivity index (χ1) is 11.0. The van der Waals surface area contributed by atoms with Crippen molar-refractivity contribution in [1.29, 1.82) is 0 Å². The van der Waals surface area contributed by atoms with Crippen LogP contribution in [0.2, 0.25) is 5.02 Å². The van der Waals surface area contributed by atoms with Crippen molar-refractivity contribution >= 4 is 39.0 Å². The fourth-order valence-electron chi connectivity index (χ4n) is 1.89. The highest BCUT2D eigenvalue weighted by atomic mass is 79.9. The van der Waals surface area contributed by atoms with Crippen LogP contribution in [-0.2, 0) is 0 Å². The van der Waals surface area contributed by atoms with Crippen molar-refractivity contribution in [1.82, 2.24) is 0 Å². The molecule has 0 saturated heterocycles. The lowest BCUT2D eigenvalue weighted by atomic mass is 10.1. The van der Waals surface area contributed by atoms with Gasteiger partial charge in [0, 0.05) is 28.4 Å². The summed E-state index contributed by atoms with van der Waals surface area (Å²) in [6, 6.07) is 10.5. The number of ketones is 1. The summed E-state index contributed by atoms with van der Waals surface area (Å²) < 4.78 is 11.3. The molecule has 6 heteroatoms. The van der Waals surface area contributed by atoms with Crippen LogP contribution in [0.15, 0.2) is 53.1 Å². The highest BCUT2D eigenvalue weighted by Crippen LogP contribution is 2.35. The SMILES string of the molecule is COc1cc(OC)c(N/C=C/C(=O)c2ccc(Br)cc2)cc1Cl. The lowest BCUT2D eigenvalue weighted by Crippen LogP contribution is -1.98. The Labute approximate surface area is 148 Å². The zero-order valence-corrected chi connectivity index (χ0v) is 14.9. The largest absolute Gasteiger partial charge is 0.495 e. The third-order valence-electron chi connectivity index (χ3n) is 3.08. The molecule has 0 aromatic heterocycles. The second-order valence-electron chi connectivity index (χ2n) is 4.54. The molecule has 23 heavy (non-hydrogen) atoms. The molecule has 0 radical (unpaired) electrons. The Morgan fingerprint density at radius 3 is 2.39 bits per heavy atom. The van der Waals surface area contributed by atoms with Crippen LogP contribution in [0.5, 0.6) is 11.5 Å².